The van der Waals surface area contributed by atoms with Gasteiger partial charge in [-0.1, -0.05) is 24.4 Å². The number of rotatable bonds is 5. The molecule has 2 rings (SSSR count). The van der Waals surface area contributed by atoms with Crippen molar-refractivity contribution in [2.75, 3.05) is 25.2 Å². The third-order valence-electron chi connectivity index (χ3n) is 3.20. The second-order valence-electron chi connectivity index (χ2n) is 4.63. The number of nitrogens with zero attached hydrogens (tertiary/aromatic N) is 2. The lowest BCUT2D eigenvalue weighted by atomic mass is 10.1. The zero-order chi connectivity index (χ0) is 17.9. The van der Waals surface area contributed by atoms with Crippen LogP contribution in [0.1, 0.15) is 17.3 Å². The van der Waals surface area contributed by atoms with E-state index in [2.05, 4.69) is 4.74 Å². The first-order valence-electron chi connectivity index (χ1n) is 6.95. The van der Waals surface area contributed by atoms with Crippen molar-refractivity contribution in [2.24, 2.45) is 0 Å². The van der Waals surface area contributed by atoms with E-state index < -0.39 is 30.4 Å². The van der Waals surface area contributed by atoms with Crippen LogP contribution in [0.15, 0.2) is 24.3 Å². The van der Waals surface area contributed by atoms with Gasteiger partial charge < -0.3 is 9.47 Å². The largest absolute Gasteiger partial charge is 0.465 e. The molecule has 8 nitrogen and oxygen atoms in total. The summed E-state index contributed by atoms with van der Waals surface area (Å²) in [4.78, 5) is 49.4. The SMILES string of the molecule is CCOC(=O)CN1C(=O)C(=S)N(c2ccccc2C(=O)OC)C1=O. The molecule has 1 aromatic rings. The van der Waals surface area contributed by atoms with Crippen molar-refractivity contribution in [2.45, 2.75) is 6.92 Å². The zero-order valence-corrected chi connectivity index (χ0v) is 13.8. The Morgan fingerprint density at radius 1 is 1.21 bits per heavy atom. The smallest absolute Gasteiger partial charge is 0.339 e. The molecule has 1 aliphatic heterocycles. The molecular formula is C15H14N2O6S. The summed E-state index contributed by atoms with van der Waals surface area (Å²) in [5.74, 6) is -2.22. The molecule has 0 aromatic heterocycles. The van der Waals surface area contributed by atoms with Crippen molar-refractivity contribution in [3.63, 3.8) is 0 Å². The topological polar surface area (TPSA) is 93.2 Å². The maximum absolute atomic E-state index is 12.5. The van der Waals surface area contributed by atoms with E-state index in [-0.39, 0.29) is 22.8 Å². The van der Waals surface area contributed by atoms with Crippen LogP contribution in [0.5, 0.6) is 0 Å². The summed E-state index contributed by atoms with van der Waals surface area (Å²) in [5, 5.41) is 0. The molecular weight excluding hydrogens is 336 g/mol. The minimum Gasteiger partial charge on any atom is -0.465 e. The van der Waals surface area contributed by atoms with Crippen LogP contribution >= 0.6 is 12.2 Å². The number of esters is 2. The van der Waals surface area contributed by atoms with Gasteiger partial charge in [-0.15, -0.1) is 0 Å². The molecule has 1 fully saturated rings. The van der Waals surface area contributed by atoms with E-state index in [1.54, 1.807) is 19.1 Å². The van der Waals surface area contributed by atoms with Gasteiger partial charge in [0.1, 0.15) is 6.54 Å². The normalized spacial score (nSPS) is 14.2. The quantitative estimate of drug-likeness (QED) is 0.446. The first-order chi connectivity index (χ1) is 11.4. The molecule has 0 saturated carbocycles. The van der Waals surface area contributed by atoms with Crippen molar-refractivity contribution in [1.29, 1.82) is 0 Å². The van der Waals surface area contributed by atoms with E-state index in [9.17, 15) is 19.2 Å². The molecule has 0 aliphatic carbocycles. The number of methoxy groups -OCH3 is 1. The van der Waals surface area contributed by atoms with Crippen molar-refractivity contribution in [1.82, 2.24) is 4.90 Å². The Hall–Kier alpha value is -2.81. The van der Waals surface area contributed by atoms with Crippen molar-refractivity contribution in [3.8, 4) is 0 Å². The van der Waals surface area contributed by atoms with Gasteiger partial charge in [0.25, 0.3) is 5.91 Å². The number of anilines is 1. The van der Waals surface area contributed by atoms with Crippen LogP contribution < -0.4 is 4.90 Å². The highest BCUT2D eigenvalue weighted by molar-refractivity contribution is 7.82. The van der Waals surface area contributed by atoms with Crippen LogP contribution in [-0.2, 0) is 19.1 Å². The molecule has 1 heterocycles. The highest BCUT2D eigenvalue weighted by Crippen LogP contribution is 2.27. The van der Waals surface area contributed by atoms with E-state index >= 15 is 0 Å². The maximum Gasteiger partial charge on any atom is 0.339 e. The second kappa shape index (κ2) is 7.18. The molecule has 126 valence electrons. The molecule has 0 spiro atoms. The molecule has 0 atom stereocenters. The zero-order valence-electron chi connectivity index (χ0n) is 13.0. The van der Waals surface area contributed by atoms with Gasteiger partial charge in [-0.05, 0) is 19.1 Å². The van der Waals surface area contributed by atoms with Gasteiger partial charge in [0.05, 0.1) is 25.0 Å². The van der Waals surface area contributed by atoms with Gasteiger partial charge >= 0.3 is 18.0 Å². The fraction of sp³-hybridized carbons (Fsp3) is 0.267. The first-order valence-corrected chi connectivity index (χ1v) is 7.36. The van der Waals surface area contributed by atoms with Crippen molar-refractivity contribution >= 4 is 46.8 Å². The summed E-state index contributed by atoms with van der Waals surface area (Å²) in [5.41, 5.74) is 0.181. The predicted molar refractivity (Wildman–Crippen MR) is 86.6 cm³/mol. The molecule has 1 aromatic carbocycles. The summed E-state index contributed by atoms with van der Waals surface area (Å²) in [6, 6.07) is 5.23. The Bertz CT molecular complexity index is 732. The Morgan fingerprint density at radius 2 is 1.88 bits per heavy atom. The highest BCUT2D eigenvalue weighted by Gasteiger charge is 2.44. The Morgan fingerprint density at radius 3 is 2.50 bits per heavy atom. The number of thiocarbonyl (C=S) groups is 1. The molecule has 9 heteroatoms. The van der Waals surface area contributed by atoms with E-state index in [0.717, 1.165) is 4.90 Å². The number of imide groups is 1. The lowest BCUT2D eigenvalue weighted by molar-refractivity contribution is -0.145. The van der Waals surface area contributed by atoms with Gasteiger partial charge in [0, 0.05) is 0 Å². The fourth-order valence-electron chi connectivity index (χ4n) is 2.14. The maximum atomic E-state index is 12.5. The number of carbonyl (C=O) groups is 4. The minimum absolute atomic E-state index is 0.0708. The van der Waals surface area contributed by atoms with E-state index in [0.29, 0.717) is 4.90 Å². The lowest BCUT2D eigenvalue weighted by Crippen LogP contribution is -2.38. The number of urea groups is 1. The molecule has 0 unspecified atom stereocenters. The van der Waals surface area contributed by atoms with Crippen LogP contribution in [-0.4, -0.2) is 54.0 Å². The number of hydrogen-bond acceptors (Lipinski definition) is 7. The molecule has 0 N–H and O–H groups in total. The Kier molecular flexibility index (Phi) is 5.24. The number of carbonyl (C=O) groups excluding carboxylic acids is 4. The first kappa shape index (κ1) is 17.5. The van der Waals surface area contributed by atoms with Gasteiger partial charge in [-0.2, -0.15) is 0 Å². The number of para-hydroxylation sites is 1. The summed E-state index contributed by atoms with van der Waals surface area (Å²) in [7, 11) is 1.20. The lowest BCUT2D eigenvalue weighted by Gasteiger charge is -2.18. The van der Waals surface area contributed by atoms with Crippen LogP contribution in [0.25, 0.3) is 0 Å². The van der Waals surface area contributed by atoms with Gasteiger partial charge in [-0.25, -0.2) is 19.4 Å². The summed E-state index contributed by atoms with van der Waals surface area (Å²) < 4.78 is 9.40. The van der Waals surface area contributed by atoms with Gasteiger partial charge in [0.2, 0.25) is 0 Å². The van der Waals surface area contributed by atoms with E-state index in [1.165, 1.54) is 19.2 Å². The standard InChI is InChI=1S/C15H14N2O6S/c1-3-23-11(18)8-16-12(19)13(24)17(15(16)21)10-7-5-4-6-9(10)14(20)22-2/h4-7H,3,8H2,1-2H3. The van der Waals surface area contributed by atoms with Crippen LogP contribution in [0, 0.1) is 0 Å². The summed E-state index contributed by atoms with van der Waals surface area (Å²) in [6.07, 6.45) is 0. The monoisotopic (exact) mass is 350 g/mol. The fourth-order valence-corrected chi connectivity index (χ4v) is 2.43. The van der Waals surface area contributed by atoms with E-state index in [1.807, 2.05) is 0 Å². The number of benzene rings is 1. The van der Waals surface area contributed by atoms with Gasteiger partial charge in [0.15, 0.2) is 4.99 Å². The number of hydrogen-bond donors (Lipinski definition) is 0. The highest BCUT2D eigenvalue weighted by atomic mass is 32.1. The Balaban J connectivity index is 2.37. The molecule has 1 saturated heterocycles. The summed E-state index contributed by atoms with van der Waals surface area (Å²) >= 11 is 5.01. The molecule has 0 radical (unpaired) electrons. The van der Waals surface area contributed by atoms with Crippen LogP contribution in [0.3, 0.4) is 0 Å². The molecule has 3 amide bonds. The average molecular weight is 350 g/mol. The molecule has 0 bridgehead atoms. The second-order valence-corrected chi connectivity index (χ2v) is 5.01. The third-order valence-corrected chi connectivity index (χ3v) is 3.55. The van der Waals surface area contributed by atoms with E-state index in [4.69, 9.17) is 17.0 Å². The van der Waals surface area contributed by atoms with Crippen LogP contribution in [0.4, 0.5) is 10.5 Å². The van der Waals surface area contributed by atoms with Crippen molar-refractivity contribution < 1.29 is 28.7 Å². The minimum atomic E-state index is -0.825. The predicted octanol–water partition coefficient (Wildman–Crippen LogP) is 1.13. The number of amides is 3. The average Bonchev–Trinajstić information content (AvgIpc) is 2.78. The molecule has 1 aliphatic rings. The Labute approximate surface area is 142 Å². The van der Waals surface area contributed by atoms with Crippen molar-refractivity contribution in [3.05, 3.63) is 29.8 Å². The third kappa shape index (κ3) is 3.11. The molecule has 24 heavy (non-hydrogen) atoms. The van der Waals surface area contributed by atoms with Crippen LogP contribution in [0.2, 0.25) is 0 Å². The summed E-state index contributed by atoms with van der Waals surface area (Å²) in [6.45, 7) is 1.17. The number of ether oxygens (including phenoxy) is 2. The van der Waals surface area contributed by atoms with Gasteiger partial charge in [-0.3, -0.25) is 9.59 Å².